The summed E-state index contributed by atoms with van der Waals surface area (Å²) < 4.78 is 13.2. The Morgan fingerprint density at radius 2 is 2.08 bits per heavy atom. The Kier molecular flexibility index (Phi) is 3.28. The fourth-order valence-electron chi connectivity index (χ4n) is 1.30. The van der Waals surface area contributed by atoms with Crippen LogP contribution in [0.4, 0.5) is 4.39 Å². The molecule has 0 amide bonds. The van der Waals surface area contributed by atoms with Gasteiger partial charge in [-0.25, -0.2) is 4.39 Å². The van der Waals surface area contributed by atoms with E-state index in [-0.39, 0.29) is 10.8 Å². The maximum atomic E-state index is 13.2. The van der Waals surface area contributed by atoms with Crippen molar-refractivity contribution in [2.45, 2.75) is 20.4 Å². The van der Waals surface area contributed by atoms with Gasteiger partial charge < -0.3 is 5.32 Å². The van der Waals surface area contributed by atoms with Crippen molar-refractivity contribution < 1.29 is 4.39 Å². The van der Waals surface area contributed by atoms with Crippen molar-refractivity contribution in [1.82, 2.24) is 5.32 Å². The highest BCUT2D eigenvalue weighted by Crippen LogP contribution is 2.25. The molecule has 1 aromatic carbocycles. The van der Waals surface area contributed by atoms with E-state index in [4.69, 9.17) is 11.6 Å². The number of nitrogens with one attached hydrogen (secondary N) is 1. The summed E-state index contributed by atoms with van der Waals surface area (Å²) in [6, 6.07) is 1.47. The zero-order valence-electron chi connectivity index (χ0n) is 8.04. The number of hydrogen-bond acceptors (Lipinski definition) is 1. The molecule has 0 fully saturated rings. The molecular formula is C10H13ClFN. The largest absolute Gasteiger partial charge is 0.316 e. The lowest BCUT2D eigenvalue weighted by Crippen LogP contribution is -2.09. The van der Waals surface area contributed by atoms with Gasteiger partial charge in [-0.05, 0) is 43.7 Å². The number of hydrogen-bond donors (Lipinski definition) is 1. The number of rotatable bonds is 2. The molecule has 3 heteroatoms. The Morgan fingerprint density at radius 1 is 1.46 bits per heavy atom. The molecule has 0 aliphatic heterocycles. The van der Waals surface area contributed by atoms with E-state index in [1.807, 2.05) is 20.9 Å². The molecule has 1 N–H and O–H groups in total. The smallest absolute Gasteiger partial charge is 0.142 e. The Morgan fingerprint density at radius 3 is 2.62 bits per heavy atom. The second-order valence-corrected chi connectivity index (χ2v) is 3.50. The van der Waals surface area contributed by atoms with E-state index in [1.54, 1.807) is 0 Å². The molecule has 0 atom stereocenters. The van der Waals surface area contributed by atoms with Crippen LogP contribution >= 0.6 is 11.6 Å². The molecule has 0 bridgehead atoms. The average Bonchev–Trinajstić information content (AvgIpc) is 2.09. The van der Waals surface area contributed by atoms with E-state index in [2.05, 4.69) is 5.32 Å². The topological polar surface area (TPSA) is 12.0 Å². The van der Waals surface area contributed by atoms with E-state index >= 15 is 0 Å². The lowest BCUT2D eigenvalue weighted by atomic mass is 10.0. The zero-order valence-corrected chi connectivity index (χ0v) is 8.80. The molecule has 0 aliphatic carbocycles. The van der Waals surface area contributed by atoms with Gasteiger partial charge in [-0.2, -0.15) is 0 Å². The van der Waals surface area contributed by atoms with Gasteiger partial charge in [0.2, 0.25) is 0 Å². The molecule has 0 unspecified atom stereocenters. The van der Waals surface area contributed by atoms with Gasteiger partial charge in [0.25, 0.3) is 0 Å². The maximum absolute atomic E-state index is 13.2. The number of halogens is 2. The van der Waals surface area contributed by atoms with Gasteiger partial charge in [0.05, 0.1) is 5.02 Å². The van der Waals surface area contributed by atoms with Crippen molar-refractivity contribution in [2.24, 2.45) is 0 Å². The predicted octanol–water partition coefficient (Wildman–Crippen LogP) is 2.82. The van der Waals surface area contributed by atoms with Crippen LogP contribution < -0.4 is 5.32 Å². The summed E-state index contributed by atoms with van der Waals surface area (Å²) in [5.41, 5.74) is 2.84. The first kappa shape index (κ1) is 10.5. The van der Waals surface area contributed by atoms with Crippen LogP contribution in [-0.2, 0) is 6.54 Å². The molecule has 0 saturated heterocycles. The minimum atomic E-state index is -0.338. The maximum Gasteiger partial charge on any atom is 0.142 e. The number of aryl methyl sites for hydroxylation is 1. The molecule has 1 nitrogen and oxygen atoms in total. The van der Waals surface area contributed by atoms with Crippen LogP contribution in [0.5, 0.6) is 0 Å². The minimum Gasteiger partial charge on any atom is -0.316 e. The third-order valence-electron chi connectivity index (χ3n) is 2.22. The lowest BCUT2D eigenvalue weighted by Gasteiger charge is -2.11. The highest BCUT2D eigenvalue weighted by Gasteiger charge is 2.10. The second kappa shape index (κ2) is 4.07. The third-order valence-corrected chi connectivity index (χ3v) is 2.62. The quantitative estimate of drug-likeness (QED) is 0.776. The van der Waals surface area contributed by atoms with Gasteiger partial charge >= 0.3 is 0 Å². The predicted molar refractivity (Wildman–Crippen MR) is 53.6 cm³/mol. The molecule has 1 aromatic rings. The van der Waals surface area contributed by atoms with Crippen molar-refractivity contribution in [1.29, 1.82) is 0 Å². The van der Waals surface area contributed by atoms with Crippen LogP contribution in [0.15, 0.2) is 6.07 Å². The summed E-state index contributed by atoms with van der Waals surface area (Å²) in [5, 5.41) is 3.20. The van der Waals surface area contributed by atoms with E-state index in [1.165, 1.54) is 6.07 Å². The van der Waals surface area contributed by atoms with Crippen LogP contribution in [0.25, 0.3) is 0 Å². The number of benzene rings is 1. The Hall–Kier alpha value is -0.600. The van der Waals surface area contributed by atoms with Crippen molar-refractivity contribution in [3.05, 3.63) is 33.6 Å². The van der Waals surface area contributed by atoms with Crippen LogP contribution in [0, 0.1) is 19.7 Å². The van der Waals surface area contributed by atoms with E-state index < -0.39 is 0 Å². The first-order valence-electron chi connectivity index (χ1n) is 4.16. The van der Waals surface area contributed by atoms with Crippen LogP contribution in [-0.4, -0.2) is 7.05 Å². The van der Waals surface area contributed by atoms with Crippen molar-refractivity contribution in [3.8, 4) is 0 Å². The van der Waals surface area contributed by atoms with Crippen molar-refractivity contribution in [3.63, 3.8) is 0 Å². The fraction of sp³-hybridized carbons (Fsp3) is 0.400. The molecule has 13 heavy (non-hydrogen) atoms. The van der Waals surface area contributed by atoms with Crippen LogP contribution in [0.1, 0.15) is 16.7 Å². The monoisotopic (exact) mass is 201 g/mol. The fourth-order valence-corrected chi connectivity index (χ4v) is 1.56. The van der Waals surface area contributed by atoms with Gasteiger partial charge in [-0.3, -0.25) is 0 Å². The molecule has 0 saturated carbocycles. The van der Waals surface area contributed by atoms with Crippen molar-refractivity contribution >= 4 is 11.6 Å². The van der Waals surface area contributed by atoms with Crippen LogP contribution in [0.3, 0.4) is 0 Å². The summed E-state index contributed by atoms with van der Waals surface area (Å²) >= 11 is 5.83. The first-order valence-corrected chi connectivity index (χ1v) is 4.54. The summed E-state index contributed by atoms with van der Waals surface area (Å²) in [4.78, 5) is 0. The highest BCUT2D eigenvalue weighted by atomic mass is 35.5. The molecule has 0 spiro atoms. The molecule has 0 aromatic heterocycles. The van der Waals surface area contributed by atoms with Gasteiger partial charge in [0.15, 0.2) is 0 Å². The van der Waals surface area contributed by atoms with Gasteiger partial charge in [0.1, 0.15) is 5.82 Å². The van der Waals surface area contributed by atoms with Gasteiger partial charge in [-0.15, -0.1) is 0 Å². The zero-order chi connectivity index (χ0) is 10.0. The Bertz CT molecular complexity index is 297. The average molecular weight is 202 g/mol. The lowest BCUT2D eigenvalue weighted by molar-refractivity contribution is 0.622. The molecule has 0 radical (unpaired) electrons. The molecular weight excluding hydrogens is 189 g/mol. The highest BCUT2D eigenvalue weighted by molar-refractivity contribution is 6.31. The molecule has 0 heterocycles. The molecule has 72 valence electrons. The Balaban J connectivity index is 3.28. The standard InChI is InChI=1S/C10H13ClFN/c1-6-4-9(12)10(11)8(5-13-3)7(6)2/h4,13H,5H2,1-3H3. The van der Waals surface area contributed by atoms with E-state index in [0.29, 0.717) is 6.54 Å². The molecule has 0 aliphatic rings. The summed E-state index contributed by atoms with van der Waals surface area (Å²) in [7, 11) is 1.82. The SMILES string of the molecule is CNCc1c(C)c(C)cc(F)c1Cl. The Labute approximate surface area is 82.9 Å². The van der Waals surface area contributed by atoms with Crippen molar-refractivity contribution in [2.75, 3.05) is 7.05 Å². The second-order valence-electron chi connectivity index (χ2n) is 3.12. The minimum absolute atomic E-state index is 0.234. The van der Waals surface area contributed by atoms with Gasteiger partial charge in [-0.1, -0.05) is 11.6 Å². The third kappa shape index (κ3) is 2.01. The van der Waals surface area contributed by atoms with Gasteiger partial charge in [0, 0.05) is 6.54 Å². The summed E-state index contributed by atoms with van der Waals surface area (Å²) in [6.07, 6.45) is 0. The molecule has 1 rings (SSSR count). The summed E-state index contributed by atoms with van der Waals surface area (Å²) in [5.74, 6) is -0.338. The summed E-state index contributed by atoms with van der Waals surface area (Å²) in [6.45, 7) is 4.44. The first-order chi connectivity index (χ1) is 6.07. The normalized spacial score (nSPS) is 10.5. The van der Waals surface area contributed by atoms with E-state index in [9.17, 15) is 4.39 Å². The van der Waals surface area contributed by atoms with E-state index in [0.717, 1.165) is 16.7 Å². The van der Waals surface area contributed by atoms with Crippen LogP contribution in [0.2, 0.25) is 5.02 Å².